The molecule has 0 aliphatic carbocycles. The second-order valence-corrected chi connectivity index (χ2v) is 8.63. The summed E-state index contributed by atoms with van der Waals surface area (Å²) in [7, 11) is 1.27. The summed E-state index contributed by atoms with van der Waals surface area (Å²) in [5.41, 5.74) is 3.06. The van der Waals surface area contributed by atoms with Crippen molar-refractivity contribution in [2.24, 2.45) is 0 Å². The number of hydrogen-bond donors (Lipinski definition) is 1. The molecule has 0 spiro atoms. The van der Waals surface area contributed by atoms with Gasteiger partial charge in [-0.2, -0.15) is 0 Å². The summed E-state index contributed by atoms with van der Waals surface area (Å²) in [6.07, 6.45) is -0.472. The summed E-state index contributed by atoms with van der Waals surface area (Å²) in [5.74, 6) is -1.35. The van der Waals surface area contributed by atoms with Crippen LogP contribution in [0.1, 0.15) is 17.5 Å². The second kappa shape index (κ2) is 11.1. The third-order valence-electron chi connectivity index (χ3n) is 5.74. The smallest absolute Gasteiger partial charge is 0.344 e. The molecule has 36 heavy (non-hydrogen) atoms. The Morgan fingerprint density at radius 3 is 2.28 bits per heavy atom. The average molecular weight is 507 g/mol. The van der Waals surface area contributed by atoms with E-state index in [1.165, 1.54) is 19.2 Å². The van der Waals surface area contributed by atoms with Crippen LogP contribution in [0, 0.1) is 0 Å². The maximum atomic E-state index is 11.9. The quantitative estimate of drug-likeness (QED) is 0.243. The van der Waals surface area contributed by atoms with Gasteiger partial charge < -0.3 is 19.0 Å². The van der Waals surface area contributed by atoms with Crippen LogP contribution in [0.3, 0.4) is 0 Å². The molecule has 4 aromatic rings. The summed E-state index contributed by atoms with van der Waals surface area (Å²) in [6, 6.07) is 21.3. The first-order valence-corrected chi connectivity index (χ1v) is 11.6. The highest BCUT2D eigenvalue weighted by Gasteiger charge is 2.20. The number of methoxy groups -OCH3 is 1. The van der Waals surface area contributed by atoms with E-state index in [9.17, 15) is 19.5 Å². The van der Waals surface area contributed by atoms with Crippen molar-refractivity contribution < 1.29 is 28.6 Å². The fraction of sp³-hybridized carbons (Fsp3) is 0.179. The highest BCUT2D eigenvalue weighted by Crippen LogP contribution is 2.26. The number of fused-ring (bicyclic) bond motifs is 1. The Balaban J connectivity index is 1.46. The number of rotatable bonds is 9. The fourth-order valence-electron chi connectivity index (χ4n) is 3.86. The number of hydrogen-bond acceptors (Lipinski definition) is 6. The van der Waals surface area contributed by atoms with Gasteiger partial charge in [0, 0.05) is 22.5 Å². The van der Waals surface area contributed by atoms with Crippen LogP contribution >= 0.6 is 11.6 Å². The topological polar surface area (TPSA) is 103 Å². The Hall–Kier alpha value is -4.10. The number of ether oxygens (including phenoxy) is 2. The van der Waals surface area contributed by atoms with Crippen molar-refractivity contribution in [3.63, 3.8) is 0 Å². The number of aliphatic carboxylic acids is 1. The Morgan fingerprint density at radius 1 is 0.972 bits per heavy atom. The molecule has 1 atom stereocenters. The molecular formula is C28H23ClO7. The van der Waals surface area contributed by atoms with E-state index < -0.39 is 23.7 Å². The molecule has 0 saturated heterocycles. The average Bonchev–Trinajstić information content (AvgIpc) is 2.86. The molecule has 0 aliphatic heterocycles. The van der Waals surface area contributed by atoms with Crippen molar-refractivity contribution in [3.8, 4) is 16.9 Å². The summed E-state index contributed by atoms with van der Waals surface area (Å²) >= 11 is 5.95. The Labute approximate surface area is 211 Å². The lowest BCUT2D eigenvalue weighted by Crippen LogP contribution is -2.27. The van der Waals surface area contributed by atoms with Gasteiger partial charge in [0.2, 0.25) is 0 Å². The van der Waals surface area contributed by atoms with Crippen LogP contribution in [0.2, 0.25) is 5.02 Å². The lowest BCUT2D eigenvalue weighted by atomic mass is 10.0. The highest BCUT2D eigenvalue weighted by molar-refractivity contribution is 6.30. The number of benzene rings is 3. The van der Waals surface area contributed by atoms with Crippen LogP contribution in [0.4, 0.5) is 0 Å². The van der Waals surface area contributed by atoms with Crippen molar-refractivity contribution in [1.29, 1.82) is 0 Å². The largest absolute Gasteiger partial charge is 0.479 e. The van der Waals surface area contributed by atoms with Gasteiger partial charge in [0.25, 0.3) is 0 Å². The van der Waals surface area contributed by atoms with Gasteiger partial charge in [-0.15, -0.1) is 0 Å². The van der Waals surface area contributed by atoms with Crippen LogP contribution in [0.15, 0.2) is 82.0 Å². The van der Waals surface area contributed by atoms with Gasteiger partial charge in [-0.3, -0.25) is 4.79 Å². The molecule has 184 valence electrons. The van der Waals surface area contributed by atoms with E-state index in [0.717, 1.165) is 16.7 Å². The molecule has 0 amide bonds. The fourth-order valence-corrected chi connectivity index (χ4v) is 3.98. The third-order valence-corrected chi connectivity index (χ3v) is 6.00. The van der Waals surface area contributed by atoms with Gasteiger partial charge in [-0.05, 0) is 59.4 Å². The number of aryl methyl sites for hydroxylation is 1. The Morgan fingerprint density at radius 2 is 1.64 bits per heavy atom. The van der Waals surface area contributed by atoms with Gasteiger partial charge in [0.15, 0.2) is 6.10 Å². The molecule has 0 fully saturated rings. The van der Waals surface area contributed by atoms with E-state index in [0.29, 0.717) is 22.4 Å². The first-order chi connectivity index (χ1) is 17.3. The van der Waals surface area contributed by atoms with Gasteiger partial charge in [0.1, 0.15) is 11.3 Å². The number of carboxylic acid groups (broad SMARTS) is 1. The minimum atomic E-state index is -1.11. The lowest BCUT2D eigenvalue weighted by Gasteiger charge is -2.16. The number of esters is 1. The number of carbonyl (C=O) groups excluding carboxylic acids is 1. The SMILES string of the molecule is COC(=O)Cc1cc(=O)oc2cc(OC(CCc3ccc(-c4ccc(Cl)cc4)cc3)C(=O)O)ccc12. The molecule has 3 aromatic carbocycles. The summed E-state index contributed by atoms with van der Waals surface area (Å²) in [6.45, 7) is 0. The van der Waals surface area contributed by atoms with Crippen molar-refractivity contribution in [3.05, 3.63) is 99.4 Å². The maximum Gasteiger partial charge on any atom is 0.344 e. The van der Waals surface area contributed by atoms with Crippen molar-refractivity contribution >= 4 is 34.5 Å². The predicted octanol–water partition coefficient (Wildman–Crippen LogP) is 5.29. The summed E-state index contributed by atoms with van der Waals surface area (Å²) in [4.78, 5) is 35.5. The normalized spacial score (nSPS) is 11.7. The number of halogens is 1. The molecule has 0 saturated carbocycles. The molecule has 4 rings (SSSR count). The first kappa shape index (κ1) is 25.0. The first-order valence-electron chi connectivity index (χ1n) is 11.2. The van der Waals surface area contributed by atoms with E-state index in [1.54, 1.807) is 12.1 Å². The highest BCUT2D eigenvalue weighted by atomic mass is 35.5. The molecule has 1 unspecified atom stereocenters. The van der Waals surface area contributed by atoms with E-state index in [2.05, 4.69) is 4.74 Å². The minimum Gasteiger partial charge on any atom is -0.479 e. The number of carbonyl (C=O) groups is 2. The van der Waals surface area contributed by atoms with Crippen LogP contribution in [0.25, 0.3) is 22.1 Å². The van der Waals surface area contributed by atoms with E-state index in [-0.39, 0.29) is 24.2 Å². The summed E-state index contributed by atoms with van der Waals surface area (Å²) in [5, 5.41) is 10.9. The molecule has 1 aromatic heterocycles. The van der Waals surface area contributed by atoms with E-state index >= 15 is 0 Å². The van der Waals surface area contributed by atoms with Gasteiger partial charge >= 0.3 is 17.6 Å². The molecule has 0 radical (unpaired) electrons. The van der Waals surface area contributed by atoms with Gasteiger partial charge in [0.05, 0.1) is 13.5 Å². The molecule has 0 bridgehead atoms. The molecule has 7 nitrogen and oxygen atoms in total. The molecule has 0 aliphatic rings. The van der Waals surface area contributed by atoms with Crippen molar-refractivity contribution in [2.45, 2.75) is 25.4 Å². The second-order valence-electron chi connectivity index (χ2n) is 8.19. The molecule has 8 heteroatoms. The number of carboxylic acids is 1. The maximum absolute atomic E-state index is 11.9. The zero-order valence-electron chi connectivity index (χ0n) is 19.4. The Kier molecular flexibility index (Phi) is 7.71. The minimum absolute atomic E-state index is 0.0899. The van der Waals surface area contributed by atoms with Gasteiger partial charge in [-0.25, -0.2) is 9.59 Å². The van der Waals surface area contributed by atoms with Crippen LogP contribution in [0.5, 0.6) is 5.75 Å². The molecule has 1 N–H and O–H groups in total. The van der Waals surface area contributed by atoms with Gasteiger partial charge in [-0.1, -0.05) is 48.0 Å². The van der Waals surface area contributed by atoms with Crippen LogP contribution in [-0.2, 0) is 27.2 Å². The van der Waals surface area contributed by atoms with E-state index in [1.807, 2.05) is 48.5 Å². The lowest BCUT2D eigenvalue weighted by molar-refractivity contribution is -0.145. The Bertz CT molecular complexity index is 1440. The van der Waals surface area contributed by atoms with Crippen molar-refractivity contribution in [2.75, 3.05) is 7.11 Å². The predicted molar refractivity (Wildman–Crippen MR) is 135 cm³/mol. The molecular weight excluding hydrogens is 484 g/mol. The zero-order chi connectivity index (χ0) is 25.7. The van der Waals surface area contributed by atoms with Crippen LogP contribution in [-0.4, -0.2) is 30.3 Å². The van der Waals surface area contributed by atoms with Crippen LogP contribution < -0.4 is 10.4 Å². The van der Waals surface area contributed by atoms with Crippen molar-refractivity contribution in [1.82, 2.24) is 0 Å². The standard InChI is InChI=1S/C28H23ClO7/c1-34-26(30)14-20-15-27(31)36-25-16-22(11-12-23(20)25)35-24(28(32)33)13-4-17-2-5-18(6-3-17)19-7-9-21(29)10-8-19/h2-3,5-12,15-16,24H,4,13-14H2,1H3,(H,32,33). The molecule has 1 heterocycles. The third kappa shape index (κ3) is 6.12. The van der Waals surface area contributed by atoms with E-state index in [4.69, 9.17) is 20.8 Å². The summed E-state index contributed by atoms with van der Waals surface area (Å²) < 4.78 is 15.6. The zero-order valence-corrected chi connectivity index (χ0v) is 20.2. The monoisotopic (exact) mass is 506 g/mol.